The maximum atomic E-state index is 12.6. The van der Waals surface area contributed by atoms with E-state index in [1.165, 1.54) is 7.11 Å². The number of benzene rings is 2. The summed E-state index contributed by atoms with van der Waals surface area (Å²) in [5.74, 6) is 7.35. The van der Waals surface area contributed by atoms with Crippen LogP contribution in [0.15, 0.2) is 42.5 Å². The molecule has 2 heterocycles. The Kier molecular flexibility index (Phi) is 5.93. The lowest BCUT2D eigenvalue weighted by molar-refractivity contribution is -0.136. The van der Waals surface area contributed by atoms with E-state index in [2.05, 4.69) is 23.2 Å². The van der Waals surface area contributed by atoms with Gasteiger partial charge in [-0.3, -0.25) is 4.79 Å². The summed E-state index contributed by atoms with van der Waals surface area (Å²) < 4.78 is 10.3. The fraction of sp³-hybridized carbons (Fsp3) is 0.375. The first kappa shape index (κ1) is 20.3. The smallest absolute Gasteiger partial charge is 0.249 e. The molecule has 156 valence electrons. The van der Waals surface area contributed by atoms with E-state index in [0.717, 1.165) is 34.5 Å². The average molecular weight is 406 g/mol. The van der Waals surface area contributed by atoms with Crippen LogP contribution in [0.3, 0.4) is 0 Å². The third kappa shape index (κ3) is 3.87. The summed E-state index contributed by atoms with van der Waals surface area (Å²) in [6.45, 7) is 0.760. The minimum Gasteiger partial charge on any atom is -0.497 e. The van der Waals surface area contributed by atoms with Crippen molar-refractivity contribution in [3.63, 3.8) is 0 Å². The van der Waals surface area contributed by atoms with Crippen molar-refractivity contribution in [1.29, 1.82) is 0 Å². The monoisotopic (exact) mass is 406 g/mol. The number of hydrogen-bond donors (Lipinski definition) is 2. The van der Waals surface area contributed by atoms with Crippen molar-refractivity contribution < 1.29 is 19.4 Å². The first-order valence-electron chi connectivity index (χ1n) is 10.1. The van der Waals surface area contributed by atoms with Crippen molar-refractivity contribution in [3.05, 3.63) is 59.2 Å². The molecule has 0 saturated carbocycles. The SMILES string of the molecule is COCC(=O)N1CC[C@@H]2[C@H]1c1cc(C#Cc3ccc(OC)cc3)ccc1N[C@@H]2CO. The molecule has 2 aliphatic rings. The summed E-state index contributed by atoms with van der Waals surface area (Å²) in [7, 11) is 3.17. The van der Waals surface area contributed by atoms with Crippen molar-refractivity contribution in [1.82, 2.24) is 4.90 Å². The number of ether oxygens (including phenoxy) is 2. The molecular formula is C24H26N2O4. The predicted molar refractivity (Wildman–Crippen MR) is 114 cm³/mol. The van der Waals surface area contributed by atoms with Crippen LogP contribution in [0.25, 0.3) is 0 Å². The fourth-order valence-electron chi connectivity index (χ4n) is 4.45. The number of nitrogens with zero attached hydrogens (tertiary/aromatic N) is 1. The van der Waals surface area contributed by atoms with Gasteiger partial charge in [-0.25, -0.2) is 0 Å². The van der Waals surface area contributed by atoms with E-state index in [4.69, 9.17) is 9.47 Å². The number of carbonyl (C=O) groups excluding carboxylic acids is 1. The van der Waals surface area contributed by atoms with E-state index < -0.39 is 0 Å². The van der Waals surface area contributed by atoms with Crippen LogP contribution in [-0.2, 0) is 9.53 Å². The van der Waals surface area contributed by atoms with Crippen LogP contribution in [0.2, 0.25) is 0 Å². The van der Waals surface area contributed by atoms with Crippen LogP contribution in [0.1, 0.15) is 29.2 Å². The summed E-state index contributed by atoms with van der Waals surface area (Å²) in [6, 6.07) is 13.5. The lowest BCUT2D eigenvalue weighted by Crippen LogP contribution is -2.43. The van der Waals surface area contributed by atoms with Gasteiger partial charge in [0.1, 0.15) is 12.4 Å². The third-order valence-electron chi connectivity index (χ3n) is 5.90. The van der Waals surface area contributed by atoms with Crippen molar-refractivity contribution >= 4 is 11.6 Å². The molecule has 0 aliphatic carbocycles. The Hall–Kier alpha value is -3.01. The molecule has 6 heteroatoms. The highest BCUT2D eigenvalue weighted by atomic mass is 16.5. The van der Waals surface area contributed by atoms with Crippen LogP contribution in [0, 0.1) is 17.8 Å². The summed E-state index contributed by atoms with van der Waals surface area (Å²) in [4.78, 5) is 14.5. The standard InChI is InChI=1S/C24H26N2O4/c1-29-15-23(28)26-12-11-19-22(14-27)25-21-10-7-17(13-20(21)24(19)26)4-3-16-5-8-18(30-2)9-6-16/h5-10,13,19,22,24-25,27H,11-12,14-15H2,1-2H3/t19-,22+,24-/m0/s1. The number of aliphatic hydroxyl groups is 1. The normalized spacial score (nSPS) is 21.7. The van der Waals surface area contributed by atoms with Gasteiger partial charge < -0.3 is 24.8 Å². The molecule has 2 aromatic carbocycles. The Labute approximate surface area is 176 Å². The number of amides is 1. The minimum atomic E-state index is -0.0798. The number of nitrogens with one attached hydrogen (secondary N) is 1. The Balaban J connectivity index is 1.66. The molecule has 1 amide bonds. The van der Waals surface area contributed by atoms with Gasteiger partial charge in [-0.1, -0.05) is 11.8 Å². The molecule has 2 aliphatic heterocycles. The topological polar surface area (TPSA) is 71.0 Å². The second kappa shape index (κ2) is 8.78. The van der Waals surface area contributed by atoms with Gasteiger partial charge in [0.05, 0.1) is 25.8 Å². The molecule has 2 N–H and O–H groups in total. The summed E-state index contributed by atoms with van der Waals surface area (Å²) in [6.07, 6.45) is 0.847. The minimum absolute atomic E-state index is 0.0238. The zero-order chi connectivity index (χ0) is 21.1. The maximum Gasteiger partial charge on any atom is 0.249 e. The van der Waals surface area contributed by atoms with Crippen LogP contribution >= 0.6 is 0 Å². The van der Waals surface area contributed by atoms with E-state index in [-0.39, 0.29) is 37.1 Å². The molecule has 0 radical (unpaired) electrons. The van der Waals surface area contributed by atoms with E-state index in [1.807, 2.05) is 41.3 Å². The van der Waals surface area contributed by atoms with Gasteiger partial charge in [0.25, 0.3) is 0 Å². The molecule has 2 aromatic rings. The zero-order valence-electron chi connectivity index (χ0n) is 17.2. The summed E-state index contributed by atoms with van der Waals surface area (Å²) in [5.41, 5.74) is 3.79. The van der Waals surface area contributed by atoms with E-state index in [9.17, 15) is 9.90 Å². The van der Waals surface area contributed by atoms with Crippen molar-refractivity contribution in [3.8, 4) is 17.6 Å². The Morgan fingerprint density at radius 2 is 1.90 bits per heavy atom. The van der Waals surface area contributed by atoms with Gasteiger partial charge in [-0.05, 0) is 54.4 Å². The molecule has 1 saturated heterocycles. The number of anilines is 1. The van der Waals surface area contributed by atoms with Crippen molar-refractivity contribution in [2.24, 2.45) is 5.92 Å². The number of likely N-dealkylation sites (tertiary alicyclic amines) is 1. The molecule has 0 spiro atoms. The van der Waals surface area contributed by atoms with Gasteiger partial charge in [0.2, 0.25) is 5.91 Å². The molecule has 30 heavy (non-hydrogen) atoms. The molecule has 6 nitrogen and oxygen atoms in total. The number of carbonyl (C=O) groups is 1. The number of fused-ring (bicyclic) bond motifs is 3. The van der Waals surface area contributed by atoms with Crippen LogP contribution in [-0.4, -0.2) is 55.9 Å². The first-order valence-corrected chi connectivity index (χ1v) is 10.1. The average Bonchev–Trinajstić information content (AvgIpc) is 3.23. The summed E-state index contributed by atoms with van der Waals surface area (Å²) >= 11 is 0. The lowest BCUT2D eigenvalue weighted by Gasteiger charge is -2.39. The number of rotatable bonds is 4. The second-order valence-electron chi connectivity index (χ2n) is 7.63. The maximum absolute atomic E-state index is 12.6. The third-order valence-corrected chi connectivity index (χ3v) is 5.90. The zero-order valence-corrected chi connectivity index (χ0v) is 17.2. The predicted octanol–water partition coefficient (Wildman–Crippen LogP) is 2.42. The Morgan fingerprint density at radius 1 is 1.17 bits per heavy atom. The van der Waals surface area contributed by atoms with E-state index in [1.54, 1.807) is 7.11 Å². The highest BCUT2D eigenvalue weighted by Crippen LogP contribution is 2.46. The molecule has 0 bridgehead atoms. The van der Waals surface area contributed by atoms with E-state index >= 15 is 0 Å². The number of methoxy groups -OCH3 is 2. The lowest BCUT2D eigenvalue weighted by atomic mass is 9.82. The van der Waals surface area contributed by atoms with Gasteiger partial charge in [-0.15, -0.1) is 0 Å². The molecule has 3 atom stereocenters. The number of aliphatic hydroxyl groups excluding tert-OH is 1. The summed E-state index contributed by atoms with van der Waals surface area (Å²) in [5, 5.41) is 13.3. The van der Waals surface area contributed by atoms with Crippen LogP contribution in [0.5, 0.6) is 5.75 Å². The highest BCUT2D eigenvalue weighted by Gasteiger charge is 2.45. The Morgan fingerprint density at radius 3 is 2.60 bits per heavy atom. The quantitative estimate of drug-likeness (QED) is 0.763. The van der Waals surface area contributed by atoms with Gasteiger partial charge in [-0.2, -0.15) is 0 Å². The van der Waals surface area contributed by atoms with Gasteiger partial charge in [0, 0.05) is 36.4 Å². The van der Waals surface area contributed by atoms with Crippen molar-refractivity contribution in [2.75, 3.05) is 39.3 Å². The first-order chi connectivity index (χ1) is 14.6. The molecule has 4 rings (SSSR count). The Bertz CT molecular complexity index is 977. The van der Waals surface area contributed by atoms with Crippen LogP contribution in [0.4, 0.5) is 5.69 Å². The molecule has 0 unspecified atom stereocenters. The van der Waals surface area contributed by atoms with Crippen LogP contribution < -0.4 is 10.1 Å². The van der Waals surface area contributed by atoms with Gasteiger partial charge in [0.15, 0.2) is 0 Å². The molecule has 1 fully saturated rings. The second-order valence-corrected chi connectivity index (χ2v) is 7.63. The largest absolute Gasteiger partial charge is 0.497 e. The van der Waals surface area contributed by atoms with Crippen molar-refractivity contribution in [2.45, 2.75) is 18.5 Å². The van der Waals surface area contributed by atoms with E-state index in [0.29, 0.717) is 6.54 Å². The number of hydrogen-bond acceptors (Lipinski definition) is 5. The highest BCUT2D eigenvalue weighted by molar-refractivity contribution is 5.79. The fourth-order valence-corrected chi connectivity index (χ4v) is 4.45. The van der Waals surface area contributed by atoms with Gasteiger partial charge >= 0.3 is 0 Å². The molecule has 0 aromatic heterocycles. The molecular weight excluding hydrogens is 380 g/mol.